The number of aliphatic hydroxyl groups is 1. The van der Waals surface area contributed by atoms with Crippen LogP contribution in [0.2, 0.25) is 0 Å². The highest BCUT2D eigenvalue weighted by Gasteiger charge is 2.18. The lowest BCUT2D eigenvalue weighted by atomic mass is 10.2. The maximum Gasteiger partial charge on any atom is 0.157 e. The minimum atomic E-state index is -3.53. The zero-order valence-electron chi connectivity index (χ0n) is 11.8. The molecule has 1 N–H and O–H groups in total. The summed E-state index contributed by atoms with van der Waals surface area (Å²) in [5.41, 5.74) is 0.367. The first-order valence-corrected chi connectivity index (χ1v) is 9.38. The number of aliphatic hydroxyl groups excluding tert-OH is 1. The number of ether oxygens (including phenoxy) is 1. The van der Waals surface area contributed by atoms with Crippen LogP contribution in [-0.2, 0) is 26.9 Å². The molecule has 0 bridgehead atoms. The summed E-state index contributed by atoms with van der Waals surface area (Å²) >= 11 is 1.53. The van der Waals surface area contributed by atoms with E-state index >= 15 is 0 Å². The zero-order valence-corrected chi connectivity index (χ0v) is 13.4. The molecule has 7 heteroatoms. The number of hydrogen-bond acceptors (Lipinski definition) is 5. The van der Waals surface area contributed by atoms with E-state index in [1.807, 2.05) is 17.5 Å². The monoisotopic (exact) mass is 344 g/mol. The highest BCUT2D eigenvalue weighted by Crippen LogP contribution is 2.12. The van der Waals surface area contributed by atoms with Crippen molar-refractivity contribution < 1.29 is 22.7 Å². The first kappa shape index (κ1) is 17.1. The van der Waals surface area contributed by atoms with Crippen LogP contribution in [0.5, 0.6) is 0 Å². The third kappa shape index (κ3) is 5.84. The molecule has 4 nitrogen and oxygen atoms in total. The molecule has 0 amide bonds. The van der Waals surface area contributed by atoms with E-state index in [-0.39, 0.29) is 12.4 Å². The fourth-order valence-corrected chi connectivity index (χ4v) is 4.10. The Morgan fingerprint density at radius 1 is 1.27 bits per heavy atom. The van der Waals surface area contributed by atoms with E-state index in [0.717, 1.165) is 4.88 Å². The molecule has 0 aliphatic carbocycles. The van der Waals surface area contributed by atoms with Crippen LogP contribution in [0.15, 0.2) is 41.8 Å². The molecule has 0 saturated heterocycles. The first-order chi connectivity index (χ1) is 10.4. The van der Waals surface area contributed by atoms with E-state index in [2.05, 4.69) is 0 Å². The van der Waals surface area contributed by atoms with E-state index in [1.165, 1.54) is 29.5 Å². The second-order valence-corrected chi connectivity index (χ2v) is 8.07. The molecule has 1 aromatic carbocycles. The molecule has 2 rings (SSSR count). The van der Waals surface area contributed by atoms with Gasteiger partial charge in [0.25, 0.3) is 0 Å². The average molecular weight is 344 g/mol. The Morgan fingerprint density at radius 3 is 2.77 bits per heavy atom. The molecule has 1 aromatic heterocycles. The molecule has 22 heavy (non-hydrogen) atoms. The van der Waals surface area contributed by atoms with E-state index in [1.54, 1.807) is 6.07 Å². The summed E-state index contributed by atoms with van der Waals surface area (Å²) in [4.78, 5) is 1.01. The minimum Gasteiger partial charge on any atom is -0.390 e. The van der Waals surface area contributed by atoms with Gasteiger partial charge in [0.15, 0.2) is 9.84 Å². The molecule has 2 aromatic rings. The summed E-state index contributed by atoms with van der Waals surface area (Å²) in [5, 5.41) is 11.7. The number of thiophene rings is 1. The molecular weight excluding hydrogens is 327 g/mol. The highest BCUT2D eigenvalue weighted by molar-refractivity contribution is 7.90. The van der Waals surface area contributed by atoms with Crippen LogP contribution in [0.1, 0.15) is 10.4 Å². The number of sulfone groups is 1. The predicted molar refractivity (Wildman–Crippen MR) is 83.9 cm³/mol. The van der Waals surface area contributed by atoms with Gasteiger partial charge in [0.1, 0.15) is 5.82 Å². The summed E-state index contributed by atoms with van der Waals surface area (Å²) in [6.07, 6.45) is -1.10. The third-order valence-corrected chi connectivity index (χ3v) is 5.37. The lowest BCUT2D eigenvalue weighted by molar-refractivity contribution is 0.0401. The normalized spacial score (nSPS) is 13.2. The largest absolute Gasteiger partial charge is 0.390 e. The van der Waals surface area contributed by atoms with Crippen LogP contribution in [-0.4, -0.2) is 32.0 Å². The lowest BCUT2D eigenvalue weighted by Gasteiger charge is -2.11. The second-order valence-electron chi connectivity index (χ2n) is 4.93. The number of hydrogen-bond donors (Lipinski definition) is 1. The summed E-state index contributed by atoms with van der Waals surface area (Å²) in [6, 6.07) is 9.22. The van der Waals surface area contributed by atoms with Crippen LogP contribution in [0.25, 0.3) is 0 Å². The van der Waals surface area contributed by atoms with Crippen molar-refractivity contribution in [3.63, 3.8) is 0 Å². The molecule has 0 saturated carbocycles. The molecule has 0 radical (unpaired) electrons. The van der Waals surface area contributed by atoms with Gasteiger partial charge in [0.2, 0.25) is 0 Å². The van der Waals surface area contributed by atoms with E-state index in [0.29, 0.717) is 12.2 Å². The molecule has 0 fully saturated rings. The van der Waals surface area contributed by atoms with Crippen molar-refractivity contribution in [2.75, 3.05) is 12.4 Å². The Morgan fingerprint density at radius 2 is 2.09 bits per heavy atom. The standard InChI is InChI=1S/C15H17FO4S2/c16-13-4-1-3-12(7-13)10-22(18,19)11-14(17)8-20-9-15-5-2-6-21-15/h1-7,14,17H,8-11H2. The van der Waals surface area contributed by atoms with Crippen molar-refractivity contribution in [3.8, 4) is 0 Å². The van der Waals surface area contributed by atoms with Crippen molar-refractivity contribution in [1.82, 2.24) is 0 Å². The van der Waals surface area contributed by atoms with Crippen LogP contribution < -0.4 is 0 Å². The highest BCUT2D eigenvalue weighted by atomic mass is 32.2. The number of halogens is 1. The number of rotatable bonds is 8. The Hall–Kier alpha value is -1.28. The Kier molecular flexibility index (Phi) is 6.07. The minimum absolute atomic E-state index is 0.0553. The SMILES string of the molecule is O=S(=O)(Cc1cccc(F)c1)CC(O)COCc1cccs1. The molecule has 0 aliphatic rings. The van der Waals surface area contributed by atoms with Crippen molar-refractivity contribution in [2.24, 2.45) is 0 Å². The Bertz CT molecular complexity index is 683. The summed E-state index contributed by atoms with van der Waals surface area (Å²) in [6.45, 7) is 0.291. The lowest BCUT2D eigenvalue weighted by Crippen LogP contribution is -2.26. The van der Waals surface area contributed by atoms with E-state index < -0.39 is 27.5 Å². The molecule has 1 unspecified atom stereocenters. The Balaban J connectivity index is 1.80. The fraction of sp³-hybridized carbons (Fsp3) is 0.333. The molecular formula is C15H17FO4S2. The molecule has 1 heterocycles. The maximum absolute atomic E-state index is 13.0. The van der Waals surface area contributed by atoms with Gasteiger partial charge in [-0.2, -0.15) is 0 Å². The summed E-state index contributed by atoms with van der Waals surface area (Å²) in [7, 11) is -3.53. The maximum atomic E-state index is 13.0. The Labute approximate surface area is 133 Å². The van der Waals surface area contributed by atoms with Gasteiger partial charge in [-0.15, -0.1) is 11.3 Å². The zero-order chi connectivity index (χ0) is 16.0. The van der Waals surface area contributed by atoms with Crippen molar-refractivity contribution >= 4 is 21.2 Å². The van der Waals surface area contributed by atoms with Crippen LogP contribution >= 0.6 is 11.3 Å². The van der Waals surface area contributed by atoms with Gasteiger partial charge in [-0.05, 0) is 29.1 Å². The number of benzene rings is 1. The topological polar surface area (TPSA) is 63.6 Å². The van der Waals surface area contributed by atoms with E-state index in [9.17, 15) is 17.9 Å². The van der Waals surface area contributed by atoms with Gasteiger partial charge in [0, 0.05) is 4.88 Å². The van der Waals surface area contributed by atoms with Crippen LogP contribution in [0.3, 0.4) is 0 Å². The molecule has 1 atom stereocenters. The second kappa shape index (κ2) is 7.82. The smallest absolute Gasteiger partial charge is 0.157 e. The van der Waals surface area contributed by atoms with Crippen LogP contribution in [0, 0.1) is 5.82 Å². The van der Waals surface area contributed by atoms with Gasteiger partial charge in [-0.1, -0.05) is 18.2 Å². The predicted octanol–water partition coefficient (Wildman–Crippen LogP) is 2.38. The van der Waals surface area contributed by atoms with Gasteiger partial charge < -0.3 is 9.84 Å². The van der Waals surface area contributed by atoms with Gasteiger partial charge in [-0.25, -0.2) is 12.8 Å². The molecule has 0 spiro atoms. The van der Waals surface area contributed by atoms with Crippen molar-refractivity contribution in [3.05, 3.63) is 58.0 Å². The van der Waals surface area contributed by atoms with Crippen LogP contribution in [0.4, 0.5) is 4.39 Å². The van der Waals surface area contributed by atoms with Crippen molar-refractivity contribution in [1.29, 1.82) is 0 Å². The quantitative estimate of drug-likeness (QED) is 0.799. The average Bonchev–Trinajstić information content (AvgIpc) is 2.90. The van der Waals surface area contributed by atoms with Crippen molar-refractivity contribution in [2.45, 2.75) is 18.5 Å². The third-order valence-electron chi connectivity index (χ3n) is 2.86. The van der Waals surface area contributed by atoms with Gasteiger partial charge in [0.05, 0.1) is 30.8 Å². The van der Waals surface area contributed by atoms with E-state index in [4.69, 9.17) is 4.74 Å². The molecule has 120 valence electrons. The molecule has 0 aliphatic heterocycles. The fourth-order valence-electron chi connectivity index (χ4n) is 1.97. The summed E-state index contributed by atoms with van der Waals surface area (Å²) < 4.78 is 42.3. The summed E-state index contributed by atoms with van der Waals surface area (Å²) in [5.74, 6) is -1.19. The first-order valence-electron chi connectivity index (χ1n) is 6.68. The van der Waals surface area contributed by atoms with Gasteiger partial charge >= 0.3 is 0 Å². The van der Waals surface area contributed by atoms with Gasteiger partial charge in [-0.3, -0.25) is 0 Å².